The summed E-state index contributed by atoms with van der Waals surface area (Å²) in [7, 11) is -1.90. The van der Waals surface area contributed by atoms with Crippen LogP contribution in [-0.4, -0.2) is 26.5 Å². The molecule has 7 heteroatoms. The molecule has 1 saturated carbocycles. The Morgan fingerprint density at radius 3 is 2.75 bits per heavy atom. The molecule has 0 radical (unpaired) electrons. The van der Waals surface area contributed by atoms with Gasteiger partial charge < -0.3 is 5.32 Å². The van der Waals surface area contributed by atoms with Gasteiger partial charge >= 0.3 is 0 Å². The Kier molecular flexibility index (Phi) is 5.04. The lowest BCUT2D eigenvalue weighted by Crippen LogP contribution is -2.35. The molecule has 0 saturated heterocycles. The number of hydrogen-bond acceptors (Lipinski definition) is 4. The first-order chi connectivity index (χ1) is 9.46. The number of nitrogens with one attached hydrogen (secondary N) is 2. The Balaban J connectivity index is 2.22. The maximum absolute atomic E-state index is 12.5. The second-order valence-corrected chi connectivity index (χ2v) is 7.75. The minimum absolute atomic E-state index is 0.00353. The molecular formula is C13H20BrN3O2S. The summed E-state index contributed by atoms with van der Waals surface area (Å²) < 4.78 is 28.5. The van der Waals surface area contributed by atoms with E-state index < -0.39 is 10.0 Å². The van der Waals surface area contributed by atoms with Crippen molar-refractivity contribution in [3.63, 3.8) is 0 Å². The van der Waals surface area contributed by atoms with E-state index in [-0.39, 0.29) is 10.9 Å². The van der Waals surface area contributed by atoms with Crippen molar-refractivity contribution in [3.8, 4) is 0 Å². The van der Waals surface area contributed by atoms with Crippen LogP contribution in [0.5, 0.6) is 0 Å². The summed E-state index contributed by atoms with van der Waals surface area (Å²) >= 11 is 3.27. The quantitative estimate of drug-likeness (QED) is 0.783. The highest BCUT2D eigenvalue weighted by molar-refractivity contribution is 9.10. The summed E-state index contributed by atoms with van der Waals surface area (Å²) in [5.41, 5.74) is 0. The second kappa shape index (κ2) is 6.41. The Morgan fingerprint density at radius 1 is 1.50 bits per heavy atom. The van der Waals surface area contributed by atoms with Crippen LogP contribution in [-0.2, 0) is 10.0 Å². The van der Waals surface area contributed by atoms with Gasteiger partial charge in [-0.2, -0.15) is 0 Å². The van der Waals surface area contributed by atoms with Crippen molar-refractivity contribution >= 4 is 31.8 Å². The molecule has 5 nitrogen and oxygen atoms in total. The monoisotopic (exact) mass is 361 g/mol. The Labute approximate surface area is 128 Å². The van der Waals surface area contributed by atoms with Gasteiger partial charge in [-0.3, -0.25) is 0 Å². The van der Waals surface area contributed by atoms with Crippen LogP contribution < -0.4 is 10.0 Å². The predicted octanol–water partition coefficient (Wildman–Crippen LogP) is 2.74. The van der Waals surface area contributed by atoms with E-state index in [1.807, 2.05) is 6.92 Å². The molecule has 2 N–H and O–H groups in total. The zero-order valence-corrected chi connectivity index (χ0v) is 14.1. The molecule has 2 rings (SSSR count). The molecule has 1 heterocycles. The van der Waals surface area contributed by atoms with Crippen molar-refractivity contribution in [2.75, 3.05) is 12.4 Å². The zero-order valence-electron chi connectivity index (χ0n) is 11.7. The number of anilines is 1. The summed E-state index contributed by atoms with van der Waals surface area (Å²) in [4.78, 5) is 4.28. The fourth-order valence-corrected chi connectivity index (χ4v) is 4.15. The summed E-state index contributed by atoms with van der Waals surface area (Å²) in [5.74, 6) is 1.05. The van der Waals surface area contributed by atoms with E-state index in [4.69, 9.17) is 0 Å². The van der Waals surface area contributed by atoms with E-state index in [1.54, 1.807) is 19.3 Å². The molecule has 1 aromatic rings. The molecule has 1 fully saturated rings. The van der Waals surface area contributed by atoms with Crippen LogP contribution in [0.2, 0.25) is 0 Å². The Morgan fingerprint density at radius 2 is 2.20 bits per heavy atom. The molecule has 1 unspecified atom stereocenters. The molecule has 1 aliphatic carbocycles. The lowest BCUT2D eigenvalue weighted by molar-refractivity contribution is 0.495. The number of aromatic nitrogens is 1. The highest BCUT2D eigenvalue weighted by atomic mass is 79.9. The normalized spacial score (nSPS) is 16.9. The predicted molar refractivity (Wildman–Crippen MR) is 83.2 cm³/mol. The van der Waals surface area contributed by atoms with E-state index >= 15 is 0 Å². The molecule has 1 aromatic heterocycles. The Bertz CT molecular complexity index is 573. The number of sulfonamides is 1. The van der Waals surface area contributed by atoms with Gasteiger partial charge in [0.2, 0.25) is 10.0 Å². The molecule has 1 atom stereocenters. The van der Waals surface area contributed by atoms with Crippen LogP contribution in [0.15, 0.2) is 21.6 Å². The molecule has 1 aliphatic rings. The first-order valence-corrected chi connectivity index (χ1v) is 9.09. The summed E-state index contributed by atoms with van der Waals surface area (Å²) in [6.07, 6.45) is 5.74. The summed E-state index contributed by atoms with van der Waals surface area (Å²) in [6, 6.07) is 1.57. The fourth-order valence-electron chi connectivity index (χ4n) is 2.15. The molecule has 0 spiro atoms. The largest absolute Gasteiger partial charge is 0.372 e. The van der Waals surface area contributed by atoms with Crippen molar-refractivity contribution < 1.29 is 8.42 Å². The van der Waals surface area contributed by atoms with Gasteiger partial charge in [-0.15, -0.1) is 0 Å². The van der Waals surface area contributed by atoms with Crippen molar-refractivity contribution in [3.05, 3.63) is 16.7 Å². The SMILES string of the molecule is CCC(CC1CC1)NS(=O)(=O)c1cc(Br)cnc1NC. The third-order valence-corrected chi connectivity index (χ3v) is 5.44. The molecule has 0 amide bonds. The third-order valence-electron chi connectivity index (χ3n) is 3.48. The average molecular weight is 362 g/mol. The van der Waals surface area contributed by atoms with Crippen LogP contribution >= 0.6 is 15.9 Å². The van der Waals surface area contributed by atoms with Gasteiger partial charge in [0.25, 0.3) is 0 Å². The summed E-state index contributed by atoms with van der Waals surface area (Å²) in [6.45, 7) is 2.01. The van der Waals surface area contributed by atoms with Crippen molar-refractivity contribution in [1.29, 1.82) is 0 Å². The maximum atomic E-state index is 12.5. The fraction of sp³-hybridized carbons (Fsp3) is 0.615. The third kappa shape index (κ3) is 3.93. The molecule has 0 aromatic carbocycles. The molecule has 0 aliphatic heterocycles. The van der Waals surface area contributed by atoms with Gasteiger partial charge in [-0.05, 0) is 40.8 Å². The van der Waals surface area contributed by atoms with Crippen molar-refractivity contribution in [2.45, 2.75) is 43.5 Å². The number of rotatable bonds is 7. The van der Waals surface area contributed by atoms with Crippen molar-refractivity contribution in [2.24, 2.45) is 5.92 Å². The van der Waals surface area contributed by atoms with Gasteiger partial charge in [-0.1, -0.05) is 19.8 Å². The van der Waals surface area contributed by atoms with Crippen molar-refractivity contribution in [1.82, 2.24) is 9.71 Å². The molecule has 0 bridgehead atoms. The lowest BCUT2D eigenvalue weighted by atomic mass is 10.1. The highest BCUT2D eigenvalue weighted by Crippen LogP contribution is 2.34. The number of pyridine rings is 1. The summed E-state index contributed by atoms with van der Waals surface area (Å²) in [5, 5.41) is 2.82. The van der Waals surface area contributed by atoms with Gasteiger partial charge in [0, 0.05) is 23.8 Å². The maximum Gasteiger partial charge on any atom is 0.244 e. The van der Waals surface area contributed by atoms with E-state index in [9.17, 15) is 8.42 Å². The van der Waals surface area contributed by atoms with Crippen LogP contribution in [0.1, 0.15) is 32.6 Å². The van der Waals surface area contributed by atoms with E-state index in [1.165, 1.54) is 12.8 Å². The molecule has 112 valence electrons. The highest BCUT2D eigenvalue weighted by Gasteiger charge is 2.28. The first-order valence-electron chi connectivity index (χ1n) is 6.82. The minimum atomic E-state index is -3.56. The number of halogens is 1. The number of hydrogen-bond donors (Lipinski definition) is 2. The van der Waals surface area contributed by atoms with E-state index in [0.29, 0.717) is 16.2 Å². The van der Waals surface area contributed by atoms with E-state index in [0.717, 1.165) is 12.8 Å². The second-order valence-electron chi connectivity index (χ2n) is 5.16. The van der Waals surface area contributed by atoms with Crippen LogP contribution in [0.4, 0.5) is 5.82 Å². The van der Waals surface area contributed by atoms with Gasteiger partial charge in [0.15, 0.2) is 0 Å². The molecule has 20 heavy (non-hydrogen) atoms. The lowest BCUT2D eigenvalue weighted by Gasteiger charge is -2.18. The smallest absolute Gasteiger partial charge is 0.244 e. The van der Waals surface area contributed by atoms with E-state index in [2.05, 4.69) is 31.0 Å². The van der Waals surface area contributed by atoms with Crippen LogP contribution in [0.25, 0.3) is 0 Å². The standard InChI is InChI=1S/C13H20BrN3O2S/c1-3-11(6-9-4-5-9)17-20(18,19)12-7-10(14)8-16-13(12)15-2/h7-9,11,17H,3-6H2,1-2H3,(H,15,16). The van der Waals surface area contributed by atoms with Crippen LogP contribution in [0, 0.1) is 5.92 Å². The minimum Gasteiger partial charge on any atom is -0.372 e. The average Bonchev–Trinajstić information content (AvgIpc) is 3.21. The topological polar surface area (TPSA) is 71.1 Å². The Hall–Kier alpha value is -0.660. The molecular weight excluding hydrogens is 342 g/mol. The number of nitrogens with zero attached hydrogens (tertiary/aromatic N) is 1. The zero-order chi connectivity index (χ0) is 14.8. The van der Waals surface area contributed by atoms with Crippen LogP contribution in [0.3, 0.4) is 0 Å². The van der Waals surface area contributed by atoms with Gasteiger partial charge in [0.1, 0.15) is 10.7 Å². The first kappa shape index (κ1) is 15.7. The van der Waals surface area contributed by atoms with Gasteiger partial charge in [-0.25, -0.2) is 18.1 Å². The van der Waals surface area contributed by atoms with Gasteiger partial charge in [0.05, 0.1) is 0 Å².